The van der Waals surface area contributed by atoms with Crippen molar-refractivity contribution in [2.45, 2.75) is 45.1 Å². The molecule has 76 valence electrons. The lowest BCUT2D eigenvalue weighted by atomic mass is 10.1. The SMILES string of the molecule is CCCCc1ccc(NC2CC2)cc1. The van der Waals surface area contributed by atoms with Crippen LogP contribution in [0.5, 0.6) is 0 Å². The van der Waals surface area contributed by atoms with Gasteiger partial charge in [-0.25, -0.2) is 0 Å². The number of benzene rings is 1. The molecule has 0 unspecified atom stereocenters. The fourth-order valence-electron chi connectivity index (χ4n) is 1.61. The van der Waals surface area contributed by atoms with Crippen LogP contribution in [0.3, 0.4) is 0 Å². The first-order chi connectivity index (χ1) is 6.88. The number of hydrogen-bond donors (Lipinski definition) is 1. The highest BCUT2D eigenvalue weighted by molar-refractivity contribution is 5.46. The van der Waals surface area contributed by atoms with Crippen LogP contribution in [0.15, 0.2) is 24.3 Å². The highest BCUT2D eigenvalue weighted by atomic mass is 14.9. The van der Waals surface area contributed by atoms with E-state index in [4.69, 9.17) is 0 Å². The second-order valence-corrected chi connectivity index (χ2v) is 4.22. The van der Waals surface area contributed by atoms with Gasteiger partial charge in [0.25, 0.3) is 0 Å². The lowest BCUT2D eigenvalue weighted by Crippen LogP contribution is -2.00. The molecule has 0 aliphatic heterocycles. The monoisotopic (exact) mass is 189 g/mol. The van der Waals surface area contributed by atoms with Crippen LogP contribution in [-0.2, 0) is 6.42 Å². The number of rotatable bonds is 5. The highest BCUT2D eigenvalue weighted by Crippen LogP contribution is 2.24. The Hall–Kier alpha value is -0.980. The molecule has 1 saturated carbocycles. The minimum atomic E-state index is 0.761. The third-order valence-electron chi connectivity index (χ3n) is 2.72. The van der Waals surface area contributed by atoms with E-state index in [0.717, 1.165) is 6.04 Å². The quantitative estimate of drug-likeness (QED) is 0.746. The molecular formula is C13H19N. The Kier molecular flexibility index (Phi) is 3.07. The van der Waals surface area contributed by atoms with Crippen LogP contribution in [-0.4, -0.2) is 6.04 Å². The van der Waals surface area contributed by atoms with Gasteiger partial charge in [0, 0.05) is 11.7 Å². The predicted molar refractivity (Wildman–Crippen MR) is 61.7 cm³/mol. The largest absolute Gasteiger partial charge is 0.382 e. The van der Waals surface area contributed by atoms with Crippen LogP contribution < -0.4 is 5.32 Å². The molecule has 0 spiro atoms. The smallest absolute Gasteiger partial charge is 0.0342 e. The van der Waals surface area contributed by atoms with Gasteiger partial charge in [-0.2, -0.15) is 0 Å². The van der Waals surface area contributed by atoms with Gasteiger partial charge in [-0.1, -0.05) is 25.5 Å². The van der Waals surface area contributed by atoms with Crippen molar-refractivity contribution >= 4 is 5.69 Å². The number of anilines is 1. The van der Waals surface area contributed by atoms with Crippen molar-refractivity contribution in [3.8, 4) is 0 Å². The Morgan fingerprint density at radius 3 is 2.50 bits per heavy atom. The summed E-state index contributed by atoms with van der Waals surface area (Å²) in [7, 11) is 0. The van der Waals surface area contributed by atoms with Crippen LogP contribution in [0.4, 0.5) is 5.69 Å². The van der Waals surface area contributed by atoms with Crippen LogP contribution >= 0.6 is 0 Å². The van der Waals surface area contributed by atoms with Crippen LogP contribution in [0.25, 0.3) is 0 Å². The summed E-state index contributed by atoms with van der Waals surface area (Å²) in [5, 5.41) is 3.50. The fourth-order valence-corrected chi connectivity index (χ4v) is 1.61. The highest BCUT2D eigenvalue weighted by Gasteiger charge is 2.20. The topological polar surface area (TPSA) is 12.0 Å². The van der Waals surface area contributed by atoms with Crippen molar-refractivity contribution in [2.75, 3.05) is 5.32 Å². The summed E-state index contributed by atoms with van der Waals surface area (Å²) in [4.78, 5) is 0. The van der Waals surface area contributed by atoms with Crippen molar-refractivity contribution in [1.82, 2.24) is 0 Å². The third kappa shape index (κ3) is 2.76. The predicted octanol–water partition coefficient (Wildman–Crippen LogP) is 3.60. The van der Waals surface area contributed by atoms with Crippen molar-refractivity contribution in [2.24, 2.45) is 0 Å². The third-order valence-corrected chi connectivity index (χ3v) is 2.72. The van der Waals surface area contributed by atoms with Gasteiger partial charge in [0.15, 0.2) is 0 Å². The standard InChI is InChI=1S/C13H19N/c1-2-3-4-11-5-7-12(8-6-11)14-13-9-10-13/h5-8,13-14H,2-4,9-10H2,1H3. The second kappa shape index (κ2) is 4.50. The molecular weight excluding hydrogens is 170 g/mol. The minimum absolute atomic E-state index is 0.761. The maximum Gasteiger partial charge on any atom is 0.0342 e. The van der Waals surface area contributed by atoms with Gasteiger partial charge >= 0.3 is 0 Å². The number of nitrogens with one attached hydrogen (secondary N) is 1. The van der Waals surface area contributed by atoms with Gasteiger partial charge in [0.05, 0.1) is 0 Å². The fraction of sp³-hybridized carbons (Fsp3) is 0.538. The Balaban J connectivity index is 1.88. The summed E-state index contributed by atoms with van der Waals surface area (Å²) >= 11 is 0. The zero-order valence-corrected chi connectivity index (χ0v) is 8.92. The van der Waals surface area contributed by atoms with Crippen molar-refractivity contribution < 1.29 is 0 Å². The Morgan fingerprint density at radius 2 is 1.93 bits per heavy atom. The first-order valence-corrected chi connectivity index (χ1v) is 5.74. The molecule has 0 bridgehead atoms. The minimum Gasteiger partial charge on any atom is -0.382 e. The van der Waals surface area contributed by atoms with E-state index >= 15 is 0 Å². The molecule has 0 atom stereocenters. The van der Waals surface area contributed by atoms with Crippen LogP contribution in [0.1, 0.15) is 38.2 Å². The molecule has 1 aliphatic rings. The molecule has 0 amide bonds. The van der Waals surface area contributed by atoms with Gasteiger partial charge < -0.3 is 5.32 Å². The summed E-state index contributed by atoms with van der Waals surface area (Å²) in [5.74, 6) is 0. The van der Waals surface area contributed by atoms with E-state index in [2.05, 4.69) is 36.5 Å². The van der Waals surface area contributed by atoms with E-state index < -0.39 is 0 Å². The van der Waals surface area contributed by atoms with Crippen LogP contribution in [0.2, 0.25) is 0 Å². The van der Waals surface area contributed by atoms with E-state index in [1.165, 1.54) is 43.4 Å². The maximum atomic E-state index is 3.50. The van der Waals surface area contributed by atoms with E-state index in [1.54, 1.807) is 0 Å². The average Bonchev–Trinajstić information content (AvgIpc) is 3.01. The molecule has 2 rings (SSSR count). The van der Waals surface area contributed by atoms with E-state index in [9.17, 15) is 0 Å². The Bertz CT molecular complexity index is 272. The van der Waals surface area contributed by atoms with E-state index in [1.807, 2.05) is 0 Å². The lowest BCUT2D eigenvalue weighted by Gasteiger charge is -2.05. The lowest BCUT2D eigenvalue weighted by molar-refractivity contribution is 0.795. The molecule has 1 aromatic rings. The summed E-state index contributed by atoms with van der Waals surface area (Å²) < 4.78 is 0. The van der Waals surface area contributed by atoms with Crippen molar-refractivity contribution in [3.05, 3.63) is 29.8 Å². The number of aryl methyl sites for hydroxylation is 1. The normalized spacial score (nSPS) is 15.5. The van der Waals surface area contributed by atoms with Gasteiger partial charge in [-0.15, -0.1) is 0 Å². The zero-order valence-electron chi connectivity index (χ0n) is 8.92. The molecule has 0 heterocycles. The van der Waals surface area contributed by atoms with Gasteiger partial charge in [0.2, 0.25) is 0 Å². The first kappa shape index (κ1) is 9.57. The zero-order chi connectivity index (χ0) is 9.80. The van der Waals surface area contributed by atoms with Crippen molar-refractivity contribution in [1.29, 1.82) is 0 Å². The molecule has 1 aromatic carbocycles. The summed E-state index contributed by atoms with van der Waals surface area (Å²) in [5.41, 5.74) is 2.75. The van der Waals surface area contributed by atoms with Gasteiger partial charge in [-0.05, 0) is 43.4 Å². The molecule has 1 fully saturated rings. The van der Waals surface area contributed by atoms with Gasteiger partial charge in [-0.3, -0.25) is 0 Å². The van der Waals surface area contributed by atoms with E-state index in [-0.39, 0.29) is 0 Å². The van der Waals surface area contributed by atoms with Crippen LogP contribution in [0, 0.1) is 0 Å². The molecule has 0 aromatic heterocycles. The molecule has 0 saturated heterocycles. The first-order valence-electron chi connectivity index (χ1n) is 5.74. The summed E-state index contributed by atoms with van der Waals surface area (Å²) in [6.07, 6.45) is 6.49. The molecule has 0 radical (unpaired) electrons. The summed E-state index contributed by atoms with van der Waals surface area (Å²) in [6, 6.07) is 9.68. The average molecular weight is 189 g/mol. The number of unbranched alkanes of at least 4 members (excludes halogenated alkanes) is 1. The second-order valence-electron chi connectivity index (χ2n) is 4.22. The Labute approximate surface area is 86.5 Å². The molecule has 14 heavy (non-hydrogen) atoms. The van der Waals surface area contributed by atoms with E-state index in [0.29, 0.717) is 0 Å². The Morgan fingerprint density at radius 1 is 1.21 bits per heavy atom. The number of hydrogen-bond acceptors (Lipinski definition) is 1. The van der Waals surface area contributed by atoms with Gasteiger partial charge in [0.1, 0.15) is 0 Å². The summed E-state index contributed by atoms with van der Waals surface area (Å²) in [6.45, 7) is 2.24. The molecule has 1 nitrogen and oxygen atoms in total. The van der Waals surface area contributed by atoms with Crippen molar-refractivity contribution in [3.63, 3.8) is 0 Å². The molecule has 1 N–H and O–H groups in total. The molecule has 1 aliphatic carbocycles. The maximum absolute atomic E-state index is 3.50. The molecule has 1 heteroatoms.